The molecule has 1 fully saturated rings. The van der Waals surface area contributed by atoms with Gasteiger partial charge in [0.1, 0.15) is 0 Å². The highest BCUT2D eigenvalue weighted by atomic mass is 32.2. The number of guanidine groups is 1. The highest BCUT2D eigenvalue weighted by Gasteiger charge is 2.34. The predicted octanol–water partition coefficient (Wildman–Crippen LogP) is 1.85. The Labute approximate surface area is 151 Å². The first-order valence-electron chi connectivity index (χ1n) is 8.94. The van der Waals surface area contributed by atoms with E-state index < -0.39 is 10.0 Å². The van der Waals surface area contributed by atoms with Gasteiger partial charge in [0.15, 0.2) is 5.96 Å². The average Bonchev–Trinajstić information content (AvgIpc) is 2.59. The van der Waals surface area contributed by atoms with Gasteiger partial charge in [-0.3, -0.25) is 4.99 Å². The van der Waals surface area contributed by atoms with E-state index in [4.69, 9.17) is 0 Å². The standard InChI is InChI=1S/C18H30N4O2S/c1-3-18(10-7-11-18)15-21-17(19-2)20-12-13-25(23,24)22-14-16-8-5-4-6-9-16/h4-6,8-9,22H,3,7,10-15H2,1-2H3,(H2,19,20,21). The third-order valence-corrected chi connectivity index (χ3v) is 6.35. The molecule has 1 aliphatic rings. The fourth-order valence-electron chi connectivity index (χ4n) is 2.99. The van der Waals surface area contributed by atoms with Crippen molar-refractivity contribution < 1.29 is 8.42 Å². The molecule has 1 aromatic carbocycles. The summed E-state index contributed by atoms with van der Waals surface area (Å²) in [5, 5.41) is 6.42. The molecule has 0 atom stereocenters. The molecule has 0 aromatic heterocycles. The Bertz CT molecular complexity index is 649. The van der Waals surface area contributed by atoms with E-state index in [9.17, 15) is 8.42 Å². The summed E-state index contributed by atoms with van der Waals surface area (Å²) in [6.07, 6.45) is 4.97. The summed E-state index contributed by atoms with van der Waals surface area (Å²) < 4.78 is 26.8. The van der Waals surface area contributed by atoms with Gasteiger partial charge < -0.3 is 10.6 Å². The van der Waals surface area contributed by atoms with Crippen LogP contribution in [-0.2, 0) is 16.6 Å². The van der Waals surface area contributed by atoms with E-state index in [1.807, 2.05) is 30.3 Å². The van der Waals surface area contributed by atoms with Crippen molar-refractivity contribution in [2.75, 3.05) is 25.9 Å². The Morgan fingerprint density at radius 1 is 1.20 bits per heavy atom. The average molecular weight is 367 g/mol. The van der Waals surface area contributed by atoms with E-state index in [0.29, 0.717) is 24.5 Å². The molecule has 0 unspecified atom stereocenters. The molecule has 0 aliphatic heterocycles. The van der Waals surface area contributed by atoms with E-state index in [-0.39, 0.29) is 5.75 Å². The number of hydrogen-bond donors (Lipinski definition) is 3. The van der Waals surface area contributed by atoms with Gasteiger partial charge in [0, 0.05) is 26.7 Å². The van der Waals surface area contributed by atoms with Crippen LogP contribution in [0, 0.1) is 5.41 Å². The molecular weight excluding hydrogens is 336 g/mol. The van der Waals surface area contributed by atoms with Crippen LogP contribution in [0.2, 0.25) is 0 Å². The molecule has 0 bridgehead atoms. The second kappa shape index (κ2) is 9.20. The van der Waals surface area contributed by atoms with Gasteiger partial charge in [-0.15, -0.1) is 0 Å². The van der Waals surface area contributed by atoms with Crippen LogP contribution in [0.5, 0.6) is 0 Å². The molecule has 0 amide bonds. The number of benzene rings is 1. The lowest BCUT2D eigenvalue weighted by Crippen LogP contribution is -2.47. The summed E-state index contributed by atoms with van der Waals surface area (Å²) in [4.78, 5) is 4.18. The molecule has 1 saturated carbocycles. The number of nitrogens with one attached hydrogen (secondary N) is 3. The maximum absolute atomic E-state index is 12.1. The van der Waals surface area contributed by atoms with Crippen molar-refractivity contribution >= 4 is 16.0 Å². The minimum atomic E-state index is -3.32. The van der Waals surface area contributed by atoms with Gasteiger partial charge in [-0.1, -0.05) is 43.7 Å². The quantitative estimate of drug-likeness (QED) is 0.460. The second-order valence-electron chi connectivity index (χ2n) is 6.69. The summed E-state index contributed by atoms with van der Waals surface area (Å²) >= 11 is 0. The maximum Gasteiger partial charge on any atom is 0.213 e. The van der Waals surface area contributed by atoms with Crippen LogP contribution in [0.4, 0.5) is 0 Å². The van der Waals surface area contributed by atoms with Crippen molar-refractivity contribution in [1.82, 2.24) is 15.4 Å². The molecule has 1 aromatic rings. The molecule has 0 spiro atoms. The van der Waals surface area contributed by atoms with Gasteiger partial charge in [0.05, 0.1) is 5.75 Å². The summed E-state index contributed by atoms with van der Waals surface area (Å²) in [5.41, 5.74) is 1.34. The van der Waals surface area contributed by atoms with Crippen LogP contribution in [-0.4, -0.2) is 40.3 Å². The zero-order valence-electron chi connectivity index (χ0n) is 15.2. The lowest BCUT2D eigenvalue weighted by molar-refractivity contribution is 0.131. The van der Waals surface area contributed by atoms with Crippen LogP contribution in [0.3, 0.4) is 0 Å². The van der Waals surface area contributed by atoms with Gasteiger partial charge in [0.25, 0.3) is 0 Å². The molecule has 2 rings (SSSR count). The number of nitrogens with zero attached hydrogens (tertiary/aromatic N) is 1. The van der Waals surface area contributed by atoms with Crippen LogP contribution in [0.15, 0.2) is 35.3 Å². The van der Waals surface area contributed by atoms with Crippen molar-refractivity contribution in [1.29, 1.82) is 0 Å². The Balaban J connectivity index is 1.70. The summed E-state index contributed by atoms with van der Waals surface area (Å²) in [6.45, 7) is 3.75. The van der Waals surface area contributed by atoms with Crippen molar-refractivity contribution in [3.63, 3.8) is 0 Å². The van der Waals surface area contributed by atoms with Crippen molar-refractivity contribution in [3.8, 4) is 0 Å². The summed E-state index contributed by atoms with van der Waals surface area (Å²) in [6, 6.07) is 9.50. The number of sulfonamides is 1. The van der Waals surface area contributed by atoms with E-state index >= 15 is 0 Å². The Morgan fingerprint density at radius 2 is 1.92 bits per heavy atom. The summed E-state index contributed by atoms with van der Waals surface area (Å²) in [5.74, 6) is 0.678. The van der Waals surface area contributed by atoms with Crippen LogP contribution in [0.1, 0.15) is 38.2 Å². The fourth-order valence-corrected chi connectivity index (χ4v) is 3.89. The topological polar surface area (TPSA) is 82.6 Å². The maximum atomic E-state index is 12.1. The molecule has 0 heterocycles. The Hall–Kier alpha value is -1.60. The molecule has 6 nitrogen and oxygen atoms in total. The summed E-state index contributed by atoms with van der Waals surface area (Å²) in [7, 11) is -1.62. The van der Waals surface area contributed by atoms with Gasteiger partial charge in [-0.25, -0.2) is 13.1 Å². The fraction of sp³-hybridized carbons (Fsp3) is 0.611. The second-order valence-corrected chi connectivity index (χ2v) is 8.61. The van der Waals surface area contributed by atoms with E-state index in [2.05, 4.69) is 27.3 Å². The van der Waals surface area contributed by atoms with Gasteiger partial charge >= 0.3 is 0 Å². The van der Waals surface area contributed by atoms with Crippen molar-refractivity contribution in [3.05, 3.63) is 35.9 Å². The van der Waals surface area contributed by atoms with Crippen LogP contribution in [0.25, 0.3) is 0 Å². The Morgan fingerprint density at radius 3 is 2.48 bits per heavy atom. The lowest BCUT2D eigenvalue weighted by Gasteiger charge is -2.41. The predicted molar refractivity (Wildman–Crippen MR) is 103 cm³/mol. The van der Waals surface area contributed by atoms with Crippen LogP contribution >= 0.6 is 0 Å². The molecule has 1 aliphatic carbocycles. The monoisotopic (exact) mass is 366 g/mol. The first-order valence-corrected chi connectivity index (χ1v) is 10.6. The molecule has 25 heavy (non-hydrogen) atoms. The lowest BCUT2D eigenvalue weighted by atomic mass is 9.67. The van der Waals surface area contributed by atoms with Gasteiger partial charge in [0.2, 0.25) is 10.0 Å². The molecule has 0 radical (unpaired) electrons. The zero-order valence-corrected chi connectivity index (χ0v) is 16.0. The van der Waals surface area contributed by atoms with E-state index in [0.717, 1.165) is 18.5 Å². The first kappa shape index (κ1) is 19.7. The van der Waals surface area contributed by atoms with Crippen molar-refractivity contribution in [2.24, 2.45) is 10.4 Å². The first-order chi connectivity index (χ1) is 12.0. The van der Waals surface area contributed by atoms with E-state index in [1.54, 1.807) is 7.05 Å². The third kappa shape index (κ3) is 6.32. The molecule has 0 saturated heterocycles. The molecular formula is C18H30N4O2S. The minimum absolute atomic E-state index is 0.0133. The molecule has 3 N–H and O–H groups in total. The normalized spacial score (nSPS) is 17.0. The molecule has 140 valence electrons. The van der Waals surface area contributed by atoms with Gasteiger partial charge in [-0.05, 0) is 30.2 Å². The third-order valence-electron chi connectivity index (χ3n) is 5.02. The number of aliphatic imine (C=N–C) groups is 1. The highest BCUT2D eigenvalue weighted by Crippen LogP contribution is 2.42. The highest BCUT2D eigenvalue weighted by molar-refractivity contribution is 7.89. The largest absolute Gasteiger partial charge is 0.356 e. The zero-order chi connectivity index (χ0) is 18.2. The van der Waals surface area contributed by atoms with Crippen molar-refractivity contribution in [2.45, 2.75) is 39.2 Å². The molecule has 7 heteroatoms. The smallest absolute Gasteiger partial charge is 0.213 e. The SMILES string of the molecule is CCC1(CNC(=NC)NCCS(=O)(=O)NCc2ccccc2)CCC1. The van der Waals surface area contributed by atoms with Gasteiger partial charge in [-0.2, -0.15) is 0 Å². The Kier molecular flexibility index (Phi) is 7.25. The number of rotatable bonds is 9. The van der Waals surface area contributed by atoms with E-state index in [1.165, 1.54) is 19.3 Å². The number of hydrogen-bond acceptors (Lipinski definition) is 3. The minimum Gasteiger partial charge on any atom is -0.356 e. The van der Waals surface area contributed by atoms with Crippen LogP contribution < -0.4 is 15.4 Å².